The molecule has 4 aromatic rings. The monoisotopic (exact) mass is 554 g/mol. The molecule has 2 heterocycles. The molecule has 4 bridgehead atoms. The number of carbonyl (C=O) groups is 1. The van der Waals surface area contributed by atoms with Gasteiger partial charge in [-0.3, -0.25) is 4.79 Å². The third kappa shape index (κ3) is 5.15. The van der Waals surface area contributed by atoms with Crippen LogP contribution in [0.3, 0.4) is 0 Å². The van der Waals surface area contributed by atoms with Crippen molar-refractivity contribution >= 4 is 39.1 Å². The molecule has 1 saturated carbocycles. The molecule has 2 aliphatic rings. The Labute approximate surface area is 233 Å². The summed E-state index contributed by atoms with van der Waals surface area (Å²) in [5, 5.41) is 9.54. The summed E-state index contributed by atoms with van der Waals surface area (Å²) >= 11 is 0. The fourth-order valence-electron chi connectivity index (χ4n) is 5.08. The van der Waals surface area contributed by atoms with Crippen LogP contribution in [0.15, 0.2) is 83.9 Å². The van der Waals surface area contributed by atoms with Crippen LogP contribution in [-0.4, -0.2) is 37.4 Å². The summed E-state index contributed by atoms with van der Waals surface area (Å²) in [6.45, 7) is 2.85. The lowest BCUT2D eigenvalue weighted by Gasteiger charge is -2.18. The van der Waals surface area contributed by atoms with Crippen molar-refractivity contribution in [1.29, 1.82) is 0 Å². The van der Waals surface area contributed by atoms with E-state index in [4.69, 9.17) is 0 Å². The highest BCUT2D eigenvalue weighted by atomic mass is 32.2. The summed E-state index contributed by atoms with van der Waals surface area (Å²) < 4.78 is 27.9. The SMILES string of the molecule is Cc1ccccc1C1(C(=O)Nc2ccc(-c3cnc4nc3NCCCNS(=O)(=O)c3cccc(c3)N4)cc2)CC1. The summed E-state index contributed by atoms with van der Waals surface area (Å²) in [5.74, 6) is 1.000. The predicted molar refractivity (Wildman–Crippen MR) is 156 cm³/mol. The van der Waals surface area contributed by atoms with Gasteiger partial charge in [0, 0.05) is 36.2 Å². The van der Waals surface area contributed by atoms with Gasteiger partial charge in [-0.15, -0.1) is 0 Å². The molecule has 0 saturated heterocycles. The number of aryl methyl sites for hydroxylation is 1. The Hall–Kier alpha value is -4.28. The van der Waals surface area contributed by atoms with Crippen LogP contribution in [0.25, 0.3) is 11.1 Å². The van der Waals surface area contributed by atoms with Gasteiger partial charge in [-0.2, -0.15) is 4.98 Å². The Kier molecular flexibility index (Phi) is 6.73. The van der Waals surface area contributed by atoms with E-state index in [-0.39, 0.29) is 10.8 Å². The van der Waals surface area contributed by atoms with Crippen molar-refractivity contribution in [3.05, 3.63) is 90.1 Å². The lowest BCUT2D eigenvalue weighted by atomic mass is 9.91. The number of sulfonamides is 1. The molecule has 204 valence electrons. The molecule has 6 rings (SSSR count). The highest BCUT2D eigenvalue weighted by Crippen LogP contribution is 2.50. The van der Waals surface area contributed by atoms with Gasteiger partial charge in [-0.1, -0.05) is 42.5 Å². The Morgan fingerprint density at radius 3 is 2.55 bits per heavy atom. The molecular formula is C30H30N6O3S. The minimum Gasteiger partial charge on any atom is -0.369 e. The molecule has 0 spiro atoms. The van der Waals surface area contributed by atoms with Crippen LogP contribution in [0, 0.1) is 6.92 Å². The quantitative estimate of drug-likeness (QED) is 0.281. The Bertz CT molecular complexity index is 1680. The molecule has 10 heteroatoms. The number of carbonyl (C=O) groups excluding carboxylic acids is 1. The van der Waals surface area contributed by atoms with E-state index in [1.165, 1.54) is 0 Å². The van der Waals surface area contributed by atoms with E-state index in [1.54, 1.807) is 30.5 Å². The number of aromatic nitrogens is 2. The fourth-order valence-corrected chi connectivity index (χ4v) is 6.20. The number of fused-ring (bicyclic) bond motifs is 4. The highest BCUT2D eigenvalue weighted by molar-refractivity contribution is 7.89. The number of benzene rings is 3. The third-order valence-electron chi connectivity index (χ3n) is 7.43. The fraction of sp³-hybridized carbons (Fsp3) is 0.233. The third-order valence-corrected chi connectivity index (χ3v) is 8.89. The maximum absolute atomic E-state index is 13.3. The lowest BCUT2D eigenvalue weighted by molar-refractivity contribution is -0.118. The number of nitrogens with zero attached hydrogens (tertiary/aromatic N) is 2. The Balaban J connectivity index is 1.23. The Morgan fingerprint density at radius 1 is 0.975 bits per heavy atom. The maximum Gasteiger partial charge on any atom is 0.240 e. The van der Waals surface area contributed by atoms with Gasteiger partial charge in [-0.05, 0) is 73.2 Å². The van der Waals surface area contributed by atoms with Gasteiger partial charge in [0.1, 0.15) is 5.82 Å². The molecule has 0 radical (unpaired) electrons. The highest BCUT2D eigenvalue weighted by Gasteiger charge is 2.51. The summed E-state index contributed by atoms with van der Waals surface area (Å²) in [4.78, 5) is 22.6. The van der Waals surface area contributed by atoms with Gasteiger partial charge < -0.3 is 16.0 Å². The first-order valence-electron chi connectivity index (χ1n) is 13.3. The average molecular weight is 555 g/mol. The number of nitrogens with one attached hydrogen (secondary N) is 4. The largest absolute Gasteiger partial charge is 0.369 e. The molecule has 1 fully saturated rings. The predicted octanol–water partition coefficient (Wildman–Crippen LogP) is 4.96. The minimum atomic E-state index is -3.61. The van der Waals surface area contributed by atoms with Gasteiger partial charge in [0.15, 0.2) is 0 Å². The van der Waals surface area contributed by atoms with E-state index in [0.717, 1.165) is 40.8 Å². The van der Waals surface area contributed by atoms with Crippen LogP contribution in [0.4, 0.5) is 23.1 Å². The van der Waals surface area contributed by atoms with E-state index < -0.39 is 15.4 Å². The van der Waals surface area contributed by atoms with Crippen LogP contribution in [0.5, 0.6) is 0 Å². The van der Waals surface area contributed by atoms with Gasteiger partial charge in [-0.25, -0.2) is 18.1 Å². The number of anilines is 4. The van der Waals surface area contributed by atoms with Gasteiger partial charge in [0.25, 0.3) is 0 Å². The second kappa shape index (κ2) is 10.4. The zero-order chi connectivity index (χ0) is 27.7. The van der Waals surface area contributed by atoms with Crippen molar-refractivity contribution in [3.8, 4) is 11.1 Å². The first-order chi connectivity index (χ1) is 19.3. The molecule has 1 aliphatic carbocycles. The molecule has 1 amide bonds. The lowest BCUT2D eigenvalue weighted by Crippen LogP contribution is -2.28. The van der Waals surface area contributed by atoms with Crippen molar-refractivity contribution in [2.75, 3.05) is 29.0 Å². The van der Waals surface area contributed by atoms with E-state index in [0.29, 0.717) is 37.0 Å². The van der Waals surface area contributed by atoms with Crippen molar-refractivity contribution in [1.82, 2.24) is 14.7 Å². The Morgan fingerprint density at radius 2 is 1.77 bits per heavy atom. The van der Waals surface area contributed by atoms with Crippen LogP contribution in [-0.2, 0) is 20.2 Å². The van der Waals surface area contributed by atoms with Crippen LogP contribution in [0.1, 0.15) is 30.4 Å². The number of hydrogen-bond acceptors (Lipinski definition) is 7. The molecule has 3 aromatic carbocycles. The summed E-state index contributed by atoms with van der Waals surface area (Å²) in [6.07, 6.45) is 4.00. The topological polar surface area (TPSA) is 125 Å². The molecule has 0 atom stereocenters. The van der Waals surface area contributed by atoms with Crippen molar-refractivity contribution in [2.24, 2.45) is 0 Å². The van der Waals surface area contributed by atoms with Crippen LogP contribution >= 0.6 is 0 Å². The summed E-state index contributed by atoms with van der Waals surface area (Å²) in [5.41, 5.74) is 4.77. The van der Waals surface area contributed by atoms with Crippen LogP contribution < -0.4 is 20.7 Å². The molecule has 1 aliphatic heterocycles. The number of rotatable bonds is 4. The molecule has 1 aromatic heterocycles. The average Bonchev–Trinajstić information content (AvgIpc) is 3.76. The molecule has 40 heavy (non-hydrogen) atoms. The van der Waals surface area contributed by atoms with Gasteiger partial charge >= 0.3 is 0 Å². The van der Waals surface area contributed by atoms with E-state index >= 15 is 0 Å². The smallest absolute Gasteiger partial charge is 0.240 e. The molecular weight excluding hydrogens is 524 g/mol. The zero-order valence-electron chi connectivity index (χ0n) is 22.1. The molecule has 9 nitrogen and oxygen atoms in total. The van der Waals surface area contributed by atoms with E-state index in [2.05, 4.69) is 43.6 Å². The minimum absolute atomic E-state index is 0.0210. The van der Waals surface area contributed by atoms with E-state index in [9.17, 15) is 13.2 Å². The second-order valence-corrected chi connectivity index (χ2v) is 12.0. The van der Waals surface area contributed by atoms with Crippen molar-refractivity contribution < 1.29 is 13.2 Å². The van der Waals surface area contributed by atoms with Crippen LogP contribution in [0.2, 0.25) is 0 Å². The first kappa shape index (κ1) is 26.0. The molecule has 0 unspecified atom stereocenters. The first-order valence-corrected chi connectivity index (χ1v) is 14.8. The van der Waals surface area contributed by atoms with Gasteiger partial charge in [0.05, 0.1) is 10.3 Å². The van der Waals surface area contributed by atoms with Crippen molar-refractivity contribution in [3.63, 3.8) is 0 Å². The maximum atomic E-state index is 13.3. The number of hydrogen-bond donors (Lipinski definition) is 4. The summed E-state index contributed by atoms with van der Waals surface area (Å²) in [6, 6.07) is 22.3. The van der Waals surface area contributed by atoms with E-state index in [1.807, 2.05) is 42.5 Å². The van der Waals surface area contributed by atoms with Crippen molar-refractivity contribution in [2.45, 2.75) is 36.5 Å². The standard InChI is InChI=1S/C30H30N6O3S/c1-20-6-2-3-9-26(20)30(14-15-30)28(37)34-22-12-10-21(11-13-22)25-19-32-29-35-23-7-4-8-24(18-23)40(38,39)33-17-5-16-31-27(25)36-29/h2-4,6-13,18-19,33H,5,14-17H2,1H3,(H,34,37)(H2,31,32,35,36). The second-order valence-electron chi connectivity index (χ2n) is 10.2. The molecule has 4 N–H and O–H groups in total. The normalized spacial score (nSPS) is 17.1. The number of amides is 1. The van der Waals surface area contributed by atoms with Gasteiger partial charge in [0.2, 0.25) is 21.9 Å². The summed E-state index contributed by atoms with van der Waals surface area (Å²) in [7, 11) is -3.61. The zero-order valence-corrected chi connectivity index (χ0v) is 22.9.